The Balaban J connectivity index is 1.58. The number of hydrogen-bond donors (Lipinski definition) is 1. The summed E-state index contributed by atoms with van der Waals surface area (Å²) >= 11 is 0. The highest BCUT2D eigenvalue weighted by atomic mass is 16.2. The molecule has 0 aromatic heterocycles. The Morgan fingerprint density at radius 1 is 0.968 bits per heavy atom. The molecule has 158 valence electrons. The van der Waals surface area contributed by atoms with E-state index in [1.807, 2.05) is 84.6 Å². The van der Waals surface area contributed by atoms with Crippen molar-refractivity contribution in [2.45, 2.75) is 26.3 Å². The van der Waals surface area contributed by atoms with Gasteiger partial charge >= 0.3 is 6.03 Å². The van der Waals surface area contributed by atoms with Gasteiger partial charge < -0.3 is 15.1 Å². The molecule has 0 atom stereocenters. The van der Waals surface area contributed by atoms with Crippen LogP contribution >= 0.6 is 0 Å². The molecule has 1 aliphatic rings. The van der Waals surface area contributed by atoms with Crippen molar-refractivity contribution in [3.8, 4) is 0 Å². The highest BCUT2D eigenvalue weighted by molar-refractivity contribution is 5.99. The molecular weight excluding hydrogens is 386 g/mol. The molecule has 3 aromatic carbocycles. The smallest absolute Gasteiger partial charge is 0.315 e. The minimum absolute atomic E-state index is 0.0405. The highest BCUT2D eigenvalue weighted by Gasteiger charge is 2.26. The summed E-state index contributed by atoms with van der Waals surface area (Å²) in [6.07, 6.45) is 1.60. The minimum atomic E-state index is -0.246. The Hall–Kier alpha value is -3.60. The van der Waals surface area contributed by atoms with Crippen LogP contribution in [0, 0.1) is 6.92 Å². The van der Waals surface area contributed by atoms with Gasteiger partial charge in [0.05, 0.1) is 6.54 Å². The summed E-state index contributed by atoms with van der Waals surface area (Å²) in [6.45, 7) is 3.03. The maximum atomic E-state index is 13.4. The lowest BCUT2D eigenvalue weighted by atomic mass is 10.1. The number of para-hydroxylation sites is 1. The van der Waals surface area contributed by atoms with E-state index < -0.39 is 0 Å². The van der Waals surface area contributed by atoms with Gasteiger partial charge in [-0.2, -0.15) is 0 Å². The summed E-state index contributed by atoms with van der Waals surface area (Å²) in [6, 6.07) is 25.4. The van der Waals surface area contributed by atoms with E-state index in [1.165, 1.54) is 0 Å². The molecule has 1 aliphatic heterocycles. The molecule has 3 amide bonds. The Bertz CT molecular complexity index is 1070. The van der Waals surface area contributed by atoms with Crippen LogP contribution in [0.4, 0.5) is 16.2 Å². The number of carbonyl (C=O) groups is 2. The lowest BCUT2D eigenvalue weighted by Gasteiger charge is -2.27. The molecule has 0 spiro atoms. The van der Waals surface area contributed by atoms with Crippen molar-refractivity contribution < 1.29 is 9.59 Å². The number of benzene rings is 3. The monoisotopic (exact) mass is 413 g/mol. The predicted molar refractivity (Wildman–Crippen MR) is 124 cm³/mol. The number of nitrogens with zero attached hydrogens (tertiary/aromatic N) is 2. The first-order valence-corrected chi connectivity index (χ1v) is 10.6. The van der Waals surface area contributed by atoms with Crippen molar-refractivity contribution in [1.29, 1.82) is 0 Å². The van der Waals surface area contributed by atoms with Gasteiger partial charge in [0.15, 0.2) is 0 Å². The maximum Gasteiger partial charge on any atom is 0.322 e. The third-order valence-electron chi connectivity index (χ3n) is 5.52. The average Bonchev–Trinajstić information content (AvgIpc) is 2.83. The van der Waals surface area contributed by atoms with Crippen LogP contribution in [0.5, 0.6) is 0 Å². The molecule has 31 heavy (non-hydrogen) atoms. The lowest BCUT2D eigenvalue weighted by molar-refractivity contribution is -0.119. The van der Waals surface area contributed by atoms with E-state index in [-0.39, 0.29) is 18.5 Å². The largest absolute Gasteiger partial charge is 0.322 e. The van der Waals surface area contributed by atoms with Crippen molar-refractivity contribution in [2.24, 2.45) is 0 Å². The number of fused-ring (bicyclic) bond motifs is 1. The zero-order chi connectivity index (χ0) is 21.6. The van der Waals surface area contributed by atoms with Crippen LogP contribution < -0.4 is 10.2 Å². The summed E-state index contributed by atoms with van der Waals surface area (Å²) in [5, 5.41) is 2.94. The van der Waals surface area contributed by atoms with Crippen LogP contribution in [0.1, 0.15) is 23.1 Å². The number of aryl methyl sites for hydroxylation is 2. The van der Waals surface area contributed by atoms with Crippen molar-refractivity contribution in [1.82, 2.24) is 4.90 Å². The van der Waals surface area contributed by atoms with Gasteiger partial charge in [-0.05, 0) is 54.7 Å². The van der Waals surface area contributed by atoms with Crippen LogP contribution in [0.15, 0.2) is 78.9 Å². The Morgan fingerprint density at radius 2 is 1.74 bits per heavy atom. The summed E-state index contributed by atoms with van der Waals surface area (Å²) < 4.78 is 0. The van der Waals surface area contributed by atoms with Gasteiger partial charge in [0.25, 0.3) is 0 Å². The zero-order valence-corrected chi connectivity index (χ0v) is 17.8. The molecule has 0 fully saturated rings. The SMILES string of the molecule is Cc1cccc(NC(=O)N2CCCc3ccccc3N(Cc3ccccc3)C(=O)C2)c1. The first-order valence-electron chi connectivity index (χ1n) is 10.6. The normalized spacial score (nSPS) is 14.3. The van der Waals surface area contributed by atoms with Gasteiger partial charge in [-0.3, -0.25) is 4.79 Å². The average molecular weight is 414 g/mol. The van der Waals surface area contributed by atoms with Gasteiger partial charge in [0.1, 0.15) is 6.54 Å². The molecule has 1 heterocycles. The number of anilines is 2. The zero-order valence-electron chi connectivity index (χ0n) is 17.8. The Morgan fingerprint density at radius 3 is 2.55 bits per heavy atom. The molecular formula is C26H27N3O2. The Labute approximate surface area is 183 Å². The molecule has 0 radical (unpaired) electrons. The fraction of sp³-hybridized carbons (Fsp3) is 0.231. The predicted octanol–water partition coefficient (Wildman–Crippen LogP) is 5.01. The number of urea groups is 1. The first-order chi connectivity index (χ1) is 15.1. The van der Waals surface area contributed by atoms with Crippen molar-refractivity contribution >= 4 is 23.3 Å². The summed E-state index contributed by atoms with van der Waals surface area (Å²) in [7, 11) is 0. The molecule has 0 saturated heterocycles. The summed E-state index contributed by atoms with van der Waals surface area (Å²) in [4.78, 5) is 29.8. The van der Waals surface area contributed by atoms with Crippen LogP contribution in [-0.2, 0) is 17.8 Å². The van der Waals surface area contributed by atoms with Gasteiger partial charge in [-0.15, -0.1) is 0 Å². The van der Waals surface area contributed by atoms with E-state index >= 15 is 0 Å². The Kier molecular flexibility index (Phi) is 6.32. The van der Waals surface area contributed by atoms with Crippen LogP contribution in [0.3, 0.4) is 0 Å². The molecule has 4 rings (SSSR count). The van der Waals surface area contributed by atoms with Crippen molar-refractivity contribution in [3.63, 3.8) is 0 Å². The van der Waals surface area contributed by atoms with Crippen molar-refractivity contribution in [3.05, 3.63) is 95.6 Å². The third kappa shape index (κ3) is 5.12. The first kappa shape index (κ1) is 20.7. The fourth-order valence-corrected chi connectivity index (χ4v) is 3.95. The summed E-state index contributed by atoms with van der Waals surface area (Å²) in [5.74, 6) is -0.0856. The number of amides is 3. The molecule has 1 N–H and O–H groups in total. The number of hydrogen-bond acceptors (Lipinski definition) is 2. The number of rotatable bonds is 3. The van der Waals surface area contributed by atoms with E-state index in [0.717, 1.165) is 40.9 Å². The lowest BCUT2D eigenvalue weighted by Crippen LogP contribution is -2.44. The number of nitrogens with one attached hydrogen (secondary N) is 1. The quantitative estimate of drug-likeness (QED) is 0.656. The maximum absolute atomic E-state index is 13.4. The van der Waals surface area contributed by atoms with Crippen LogP contribution in [0.25, 0.3) is 0 Å². The second-order valence-corrected chi connectivity index (χ2v) is 7.92. The van der Waals surface area contributed by atoms with Crippen molar-refractivity contribution in [2.75, 3.05) is 23.3 Å². The van der Waals surface area contributed by atoms with Gasteiger partial charge in [0.2, 0.25) is 5.91 Å². The van der Waals surface area contributed by atoms with E-state index in [0.29, 0.717) is 13.1 Å². The molecule has 0 saturated carbocycles. The van der Waals surface area contributed by atoms with Crippen LogP contribution in [0.2, 0.25) is 0 Å². The van der Waals surface area contributed by atoms with Crippen LogP contribution in [-0.4, -0.2) is 29.9 Å². The number of carbonyl (C=O) groups excluding carboxylic acids is 2. The molecule has 3 aromatic rings. The minimum Gasteiger partial charge on any atom is -0.315 e. The topological polar surface area (TPSA) is 52.7 Å². The van der Waals surface area contributed by atoms with E-state index in [4.69, 9.17) is 0 Å². The molecule has 5 nitrogen and oxygen atoms in total. The van der Waals surface area contributed by atoms with E-state index in [1.54, 1.807) is 4.90 Å². The molecule has 5 heteroatoms. The molecule has 0 aliphatic carbocycles. The van der Waals surface area contributed by atoms with E-state index in [9.17, 15) is 9.59 Å². The third-order valence-corrected chi connectivity index (χ3v) is 5.52. The highest BCUT2D eigenvalue weighted by Crippen LogP contribution is 2.26. The van der Waals surface area contributed by atoms with Gasteiger partial charge in [-0.1, -0.05) is 60.7 Å². The standard InChI is InChI=1S/C26H27N3O2/c1-20-9-7-14-23(17-20)27-26(31)28-16-8-13-22-12-5-6-15-24(22)29(25(30)19-28)18-21-10-3-2-4-11-21/h2-7,9-12,14-15,17H,8,13,16,18-19H2,1H3,(H,27,31). The fourth-order valence-electron chi connectivity index (χ4n) is 3.95. The second-order valence-electron chi connectivity index (χ2n) is 7.92. The summed E-state index contributed by atoms with van der Waals surface area (Å²) in [5.41, 5.74) is 4.93. The van der Waals surface area contributed by atoms with Gasteiger partial charge in [0, 0.05) is 17.9 Å². The second kappa shape index (κ2) is 9.47. The van der Waals surface area contributed by atoms with Gasteiger partial charge in [-0.25, -0.2) is 4.79 Å². The van der Waals surface area contributed by atoms with E-state index in [2.05, 4.69) is 11.4 Å². The molecule has 0 unspecified atom stereocenters. The molecule has 0 bridgehead atoms.